The Kier molecular flexibility index (Phi) is 11.1. The van der Waals surface area contributed by atoms with E-state index in [1.54, 1.807) is 0 Å². The van der Waals surface area contributed by atoms with E-state index >= 15 is 0 Å². The molecule has 0 saturated carbocycles. The Balaban J connectivity index is 0. The van der Waals surface area contributed by atoms with E-state index < -0.39 is 0 Å². The van der Waals surface area contributed by atoms with Gasteiger partial charge in [-0.15, -0.1) is 12.4 Å². The van der Waals surface area contributed by atoms with Gasteiger partial charge in [-0.05, 0) is 0 Å². The Labute approximate surface area is 89.0 Å². The molecule has 0 bridgehead atoms. The third-order valence-corrected chi connectivity index (χ3v) is 1.12. The lowest BCUT2D eigenvalue weighted by Crippen LogP contribution is -2.39. The maximum atomic E-state index is 6.47. The SMILES string of the molecule is C1COCCN1.Cl.N=C(N)NC(=N)N. The third kappa shape index (κ3) is 13.5. The highest BCUT2D eigenvalue weighted by Crippen LogP contribution is 1.76. The van der Waals surface area contributed by atoms with Gasteiger partial charge >= 0.3 is 0 Å². The summed E-state index contributed by atoms with van der Waals surface area (Å²) in [4.78, 5) is 0. The maximum Gasteiger partial charge on any atom is 0.192 e. The molecule has 1 fully saturated rings. The first kappa shape index (κ1) is 15.4. The second-order valence-electron chi connectivity index (χ2n) is 2.31. The van der Waals surface area contributed by atoms with Crippen LogP contribution in [0.5, 0.6) is 0 Å². The van der Waals surface area contributed by atoms with Crippen LogP contribution in [0.15, 0.2) is 0 Å². The van der Waals surface area contributed by atoms with Crippen molar-refractivity contribution in [3.8, 4) is 0 Å². The Morgan fingerprint density at radius 1 is 1.14 bits per heavy atom. The molecule has 0 aromatic heterocycles. The maximum absolute atomic E-state index is 6.47. The lowest BCUT2D eigenvalue weighted by molar-refractivity contribution is 0.109. The van der Waals surface area contributed by atoms with Gasteiger partial charge in [0.2, 0.25) is 0 Å². The van der Waals surface area contributed by atoms with Crippen molar-refractivity contribution in [2.45, 2.75) is 0 Å². The Morgan fingerprint density at radius 3 is 1.64 bits per heavy atom. The lowest BCUT2D eigenvalue weighted by Gasteiger charge is -2.10. The average Bonchev–Trinajstić information content (AvgIpc) is 2.06. The topological polar surface area (TPSA) is 133 Å². The molecule has 14 heavy (non-hydrogen) atoms. The van der Waals surface area contributed by atoms with Crippen molar-refractivity contribution in [2.24, 2.45) is 11.5 Å². The summed E-state index contributed by atoms with van der Waals surface area (Å²) in [7, 11) is 0. The smallest absolute Gasteiger partial charge is 0.192 e. The Bertz CT molecular complexity index is 148. The quantitative estimate of drug-likeness (QED) is 0.218. The van der Waals surface area contributed by atoms with Crippen LogP contribution in [-0.2, 0) is 4.74 Å². The largest absolute Gasteiger partial charge is 0.379 e. The highest BCUT2D eigenvalue weighted by molar-refractivity contribution is 5.93. The van der Waals surface area contributed by atoms with Gasteiger partial charge in [0.1, 0.15) is 0 Å². The first-order valence-electron chi connectivity index (χ1n) is 3.86. The van der Waals surface area contributed by atoms with Crippen molar-refractivity contribution >= 4 is 24.3 Å². The normalized spacial score (nSPS) is 14.0. The van der Waals surface area contributed by atoms with Crippen LogP contribution >= 0.6 is 12.4 Å². The van der Waals surface area contributed by atoms with Crippen LogP contribution < -0.4 is 22.1 Å². The van der Waals surface area contributed by atoms with Gasteiger partial charge < -0.3 is 21.5 Å². The van der Waals surface area contributed by atoms with Crippen LogP contribution in [-0.4, -0.2) is 38.2 Å². The van der Waals surface area contributed by atoms with Crippen molar-refractivity contribution < 1.29 is 4.74 Å². The second kappa shape index (κ2) is 10.0. The molecule has 0 aliphatic carbocycles. The van der Waals surface area contributed by atoms with Crippen LogP contribution in [0.1, 0.15) is 0 Å². The van der Waals surface area contributed by atoms with E-state index in [2.05, 4.69) is 5.32 Å². The van der Waals surface area contributed by atoms with Crippen LogP contribution in [0, 0.1) is 10.8 Å². The molecular weight excluding hydrogens is 208 g/mol. The highest BCUT2D eigenvalue weighted by atomic mass is 35.5. The molecule has 8 heteroatoms. The summed E-state index contributed by atoms with van der Waals surface area (Å²) in [5.41, 5.74) is 9.49. The third-order valence-electron chi connectivity index (χ3n) is 1.12. The van der Waals surface area contributed by atoms with E-state index in [9.17, 15) is 0 Å². The van der Waals surface area contributed by atoms with Crippen LogP contribution in [0.3, 0.4) is 0 Å². The van der Waals surface area contributed by atoms with Gasteiger partial charge in [0.15, 0.2) is 11.9 Å². The van der Waals surface area contributed by atoms with Crippen molar-refractivity contribution in [1.82, 2.24) is 10.6 Å². The molecule has 0 aromatic carbocycles. The number of rotatable bonds is 0. The molecule has 0 atom stereocenters. The molecule has 0 radical (unpaired) electrons. The molecule has 0 aromatic rings. The molecule has 1 heterocycles. The predicted molar refractivity (Wildman–Crippen MR) is 57.9 cm³/mol. The van der Waals surface area contributed by atoms with Crippen molar-refractivity contribution in [3.63, 3.8) is 0 Å². The fourth-order valence-corrected chi connectivity index (χ4v) is 0.661. The fraction of sp³-hybridized carbons (Fsp3) is 0.667. The number of halogens is 1. The van der Waals surface area contributed by atoms with E-state index in [1.165, 1.54) is 0 Å². The van der Waals surface area contributed by atoms with Crippen LogP contribution in [0.25, 0.3) is 0 Å². The zero-order valence-corrected chi connectivity index (χ0v) is 8.62. The van der Waals surface area contributed by atoms with Gasteiger partial charge in [0, 0.05) is 13.1 Å². The van der Waals surface area contributed by atoms with E-state index in [0.29, 0.717) is 0 Å². The zero-order valence-electron chi connectivity index (χ0n) is 7.80. The number of guanidine groups is 2. The molecule has 8 N–H and O–H groups in total. The number of nitrogens with two attached hydrogens (primary N) is 2. The lowest BCUT2D eigenvalue weighted by atomic mass is 10.5. The van der Waals surface area contributed by atoms with Gasteiger partial charge in [-0.2, -0.15) is 0 Å². The van der Waals surface area contributed by atoms with Gasteiger partial charge in [-0.1, -0.05) is 0 Å². The van der Waals surface area contributed by atoms with E-state index in [0.717, 1.165) is 26.3 Å². The van der Waals surface area contributed by atoms with Gasteiger partial charge in [0.05, 0.1) is 13.2 Å². The number of nitrogens with one attached hydrogen (secondary N) is 4. The molecule has 84 valence electrons. The first-order valence-corrected chi connectivity index (χ1v) is 3.86. The van der Waals surface area contributed by atoms with E-state index in [-0.39, 0.29) is 24.3 Å². The molecular formula is C6H17ClN6O. The number of hydrogen-bond donors (Lipinski definition) is 6. The van der Waals surface area contributed by atoms with Crippen molar-refractivity contribution in [1.29, 1.82) is 10.8 Å². The summed E-state index contributed by atoms with van der Waals surface area (Å²) < 4.78 is 5.01. The first-order chi connectivity index (χ1) is 6.13. The summed E-state index contributed by atoms with van der Waals surface area (Å²) in [5, 5.41) is 18.1. The van der Waals surface area contributed by atoms with Gasteiger partial charge in [0.25, 0.3) is 0 Å². The summed E-state index contributed by atoms with van der Waals surface area (Å²) in [5.74, 6) is -0.625. The van der Waals surface area contributed by atoms with E-state index in [4.69, 9.17) is 27.0 Å². The fourth-order valence-electron chi connectivity index (χ4n) is 0.661. The zero-order chi connectivity index (χ0) is 10.1. The van der Waals surface area contributed by atoms with E-state index in [1.807, 2.05) is 5.32 Å². The Hall–Kier alpha value is -1.05. The minimum absolute atomic E-state index is 0. The monoisotopic (exact) mass is 224 g/mol. The molecule has 0 spiro atoms. The molecule has 7 nitrogen and oxygen atoms in total. The van der Waals surface area contributed by atoms with Gasteiger partial charge in [-0.25, -0.2) is 0 Å². The molecule has 0 unspecified atom stereocenters. The van der Waals surface area contributed by atoms with Crippen molar-refractivity contribution in [3.05, 3.63) is 0 Å². The molecule has 1 saturated heterocycles. The molecule has 1 aliphatic rings. The average molecular weight is 225 g/mol. The van der Waals surface area contributed by atoms with Crippen LogP contribution in [0.2, 0.25) is 0 Å². The number of ether oxygens (including phenoxy) is 1. The minimum atomic E-state index is -0.312. The molecule has 1 aliphatic heterocycles. The highest BCUT2D eigenvalue weighted by Gasteiger charge is 1.92. The standard InChI is InChI=1S/C4H9NO.C2H7N5.ClH/c1-3-6-4-2-5-1;3-1(4)7-2(5)6;/h5H,1-4H2;(H7,3,4,5,6,7);1H. The molecule has 1 rings (SSSR count). The summed E-state index contributed by atoms with van der Waals surface area (Å²) >= 11 is 0. The molecule has 0 amide bonds. The Morgan fingerprint density at radius 2 is 1.57 bits per heavy atom. The summed E-state index contributed by atoms with van der Waals surface area (Å²) in [6.45, 7) is 3.83. The number of hydrogen-bond acceptors (Lipinski definition) is 4. The van der Waals surface area contributed by atoms with Crippen LogP contribution in [0.4, 0.5) is 0 Å². The minimum Gasteiger partial charge on any atom is -0.379 e. The second-order valence-corrected chi connectivity index (χ2v) is 2.31. The van der Waals surface area contributed by atoms with Gasteiger partial charge in [-0.3, -0.25) is 16.1 Å². The summed E-state index contributed by atoms with van der Waals surface area (Å²) in [6.07, 6.45) is 0. The summed E-state index contributed by atoms with van der Waals surface area (Å²) in [6, 6.07) is 0. The van der Waals surface area contributed by atoms with Crippen molar-refractivity contribution in [2.75, 3.05) is 26.3 Å². The predicted octanol–water partition coefficient (Wildman–Crippen LogP) is -1.61. The number of morpholine rings is 1.